The number of nitrogens with zero attached hydrogens (tertiary/aromatic N) is 2. The van der Waals surface area contributed by atoms with E-state index in [4.69, 9.17) is 4.74 Å². The van der Waals surface area contributed by atoms with E-state index in [0.717, 1.165) is 16.9 Å². The van der Waals surface area contributed by atoms with Gasteiger partial charge in [-0.1, -0.05) is 0 Å². The van der Waals surface area contributed by atoms with Crippen molar-refractivity contribution in [2.24, 2.45) is 7.05 Å². The highest BCUT2D eigenvalue weighted by molar-refractivity contribution is 5.56. The molecule has 0 saturated heterocycles. The molecule has 18 heavy (non-hydrogen) atoms. The predicted molar refractivity (Wildman–Crippen MR) is 68.2 cm³/mol. The number of halogens is 1. The zero-order chi connectivity index (χ0) is 13.1. The van der Waals surface area contributed by atoms with Gasteiger partial charge in [0.25, 0.3) is 0 Å². The van der Waals surface area contributed by atoms with Gasteiger partial charge in [-0.2, -0.15) is 5.10 Å². The van der Waals surface area contributed by atoms with Crippen LogP contribution in [0.4, 0.5) is 10.1 Å². The largest absolute Gasteiger partial charge is 0.494 e. The highest BCUT2D eigenvalue weighted by atomic mass is 19.1. The normalized spacial score (nSPS) is 10.4. The molecule has 0 radical (unpaired) electrons. The van der Waals surface area contributed by atoms with Gasteiger partial charge in [0.15, 0.2) is 0 Å². The van der Waals surface area contributed by atoms with Crippen molar-refractivity contribution in [1.29, 1.82) is 0 Å². The quantitative estimate of drug-likeness (QED) is 0.904. The lowest BCUT2D eigenvalue weighted by Crippen LogP contribution is -2.03. The summed E-state index contributed by atoms with van der Waals surface area (Å²) in [5.41, 5.74) is 2.97. The third kappa shape index (κ3) is 2.45. The van der Waals surface area contributed by atoms with Crippen LogP contribution >= 0.6 is 0 Å². The van der Waals surface area contributed by atoms with Gasteiger partial charge in [-0.15, -0.1) is 0 Å². The highest BCUT2D eigenvalue weighted by Gasteiger charge is 2.07. The lowest BCUT2D eigenvalue weighted by molar-refractivity contribution is 0.413. The van der Waals surface area contributed by atoms with Gasteiger partial charge in [-0.25, -0.2) is 4.39 Å². The summed E-state index contributed by atoms with van der Waals surface area (Å²) in [6, 6.07) is 4.43. The first kappa shape index (κ1) is 12.4. The molecule has 4 nitrogen and oxygen atoms in total. The molecule has 1 heterocycles. The van der Waals surface area contributed by atoms with E-state index in [1.165, 1.54) is 19.2 Å². The van der Waals surface area contributed by atoms with Gasteiger partial charge < -0.3 is 10.1 Å². The Kier molecular flexibility index (Phi) is 3.50. The minimum Gasteiger partial charge on any atom is -0.494 e. The SMILES string of the molecule is COc1cc(F)ccc1NCc1cnn(C)c1C. The standard InChI is InChI=1S/C13H16FN3O/c1-9-10(8-16-17(9)2)7-15-12-5-4-11(14)6-13(12)18-3/h4-6,8,15H,7H2,1-3H3. The number of nitrogens with one attached hydrogen (secondary N) is 1. The molecule has 2 rings (SSSR count). The predicted octanol–water partition coefficient (Wildman–Crippen LogP) is 2.49. The number of methoxy groups -OCH3 is 1. The van der Waals surface area contributed by atoms with E-state index >= 15 is 0 Å². The Bertz CT molecular complexity index is 551. The smallest absolute Gasteiger partial charge is 0.144 e. The summed E-state index contributed by atoms with van der Waals surface area (Å²) in [4.78, 5) is 0. The van der Waals surface area contributed by atoms with Crippen LogP contribution in [0.3, 0.4) is 0 Å². The van der Waals surface area contributed by atoms with Crippen molar-refractivity contribution in [3.05, 3.63) is 41.5 Å². The highest BCUT2D eigenvalue weighted by Crippen LogP contribution is 2.25. The van der Waals surface area contributed by atoms with Crippen LogP contribution in [-0.2, 0) is 13.6 Å². The summed E-state index contributed by atoms with van der Waals surface area (Å²) in [6.07, 6.45) is 1.82. The number of aryl methyl sites for hydroxylation is 1. The van der Waals surface area contributed by atoms with E-state index in [1.54, 1.807) is 6.07 Å². The van der Waals surface area contributed by atoms with Crippen LogP contribution in [-0.4, -0.2) is 16.9 Å². The van der Waals surface area contributed by atoms with E-state index in [-0.39, 0.29) is 5.82 Å². The second-order valence-corrected chi connectivity index (χ2v) is 4.08. The van der Waals surface area contributed by atoms with Crippen LogP contribution in [0.5, 0.6) is 5.75 Å². The molecule has 1 N–H and O–H groups in total. The molecule has 0 amide bonds. The zero-order valence-electron chi connectivity index (χ0n) is 10.7. The van der Waals surface area contributed by atoms with Crippen LogP contribution in [0, 0.1) is 12.7 Å². The van der Waals surface area contributed by atoms with Gasteiger partial charge in [0.05, 0.1) is 19.0 Å². The van der Waals surface area contributed by atoms with Crippen LogP contribution in [0.2, 0.25) is 0 Å². The maximum atomic E-state index is 13.0. The van der Waals surface area contributed by atoms with Crippen molar-refractivity contribution in [2.75, 3.05) is 12.4 Å². The Hall–Kier alpha value is -2.04. The molecule has 0 saturated carbocycles. The van der Waals surface area contributed by atoms with E-state index in [9.17, 15) is 4.39 Å². The summed E-state index contributed by atoms with van der Waals surface area (Å²) in [5, 5.41) is 7.39. The van der Waals surface area contributed by atoms with Gasteiger partial charge in [-0.05, 0) is 19.1 Å². The first-order valence-corrected chi connectivity index (χ1v) is 5.66. The van der Waals surface area contributed by atoms with Gasteiger partial charge in [0.2, 0.25) is 0 Å². The van der Waals surface area contributed by atoms with Gasteiger partial charge in [0.1, 0.15) is 11.6 Å². The molecule has 0 aliphatic carbocycles. The van der Waals surface area contributed by atoms with Crippen molar-refractivity contribution in [2.45, 2.75) is 13.5 Å². The molecule has 0 atom stereocenters. The Labute approximate surface area is 105 Å². The first-order chi connectivity index (χ1) is 8.61. The van der Waals surface area contributed by atoms with E-state index < -0.39 is 0 Å². The number of rotatable bonds is 4. The average molecular weight is 249 g/mol. The lowest BCUT2D eigenvalue weighted by atomic mass is 10.2. The third-order valence-electron chi connectivity index (χ3n) is 2.97. The summed E-state index contributed by atoms with van der Waals surface area (Å²) < 4.78 is 20.0. The maximum absolute atomic E-state index is 13.0. The van der Waals surface area contributed by atoms with Crippen LogP contribution in [0.25, 0.3) is 0 Å². The van der Waals surface area contributed by atoms with Crippen LogP contribution < -0.4 is 10.1 Å². The minimum absolute atomic E-state index is 0.310. The van der Waals surface area contributed by atoms with Crippen LogP contribution in [0.1, 0.15) is 11.3 Å². The molecular formula is C13H16FN3O. The molecule has 1 aromatic carbocycles. The number of benzene rings is 1. The number of hydrogen-bond donors (Lipinski definition) is 1. The number of anilines is 1. The Morgan fingerprint density at radius 3 is 2.83 bits per heavy atom. The third-order valence-corrected chi connectivity index (χ3v) is 2.97. The fourth-order valence-electron chi connectivity index (χ4n) is 1.72. The molecule has 2 aromatic rings. The summed E-state index contributed by atoms with van der Waals surface area (Å²) >= 11 is 0. The van der Waals surface area contributed by atoms with Crippen LogP contribution in [0.15, 0.2) is 24.4 Å². The van der Waals surface area contributed by atoms with Crippen molar-refractivity contribution < 1.29 is 9.13 Å². The monoisotopic (exact) mass is 249 g/mol. The Morgan fingerprint density at radius 2 is 2.22 bits per heavy atom. The Balaban J connectivity index is 2.13. The molecule has 96 valence electrons. The second kappa shape index (κ2) is 5.08. The van der Waals surface area contributed by atoms with E-state index in [2.05, 4.69) is 10.4 Å². The summed E-state index contributed by atoms with van der Waals surface area (Å²) in [7, 11) is 3.42. The second-order valence-electron chi connectivity index (χ2n) is 4.08. The number of aromatic nitrogens is 2. The molecule has 0 bridgehead atoms. The Morgan fingerprint density at radius 1 is 1.44 bits per heavy atom. The molecule has 5 heteroatoms. The van der Waals surface area contributed by atoms with Crippen molar-refractivity contribution in [3.63, 3.8) is 0 Å². The minimum atomic E-state index is -0.310. The summed E-state index contributed by atoms with van der Waals surface area (Å²) in [6.45, 7) is 2.63. The van der Waals surface area contributed by atoms with Gasteiger partial charge in [-0.3, -0.25) is 4.68 Å². The zero-order valence-corrected chi connectivity index (χ0v) is 10.7. The van der Waals surface area contributed by atoms with Gasteiger partial charge in [0, 0.05) is 30.9 Å². The average Bonchev–Trinajstić information content (AvgIpc) is 2.68. The number of ether oxygens (including phenoxy) is 1. The van der Waals surface area contributed by atoms with Crippen molar-refractivity contribution in [3.8, 4) is 5.75 Å². The van der Waals surface area contributed by atoms with E-state index in [0.29, 0.717) is 12.3 Å². The topological polar surface area (TPSA) is 39.1 Å². The molecule has 0 aliphatic rings. The molecule has 1 aromatic heterocycles. The number of hydrogen-bond acceptors (Lipinski definition) is 3. The van der Waals surface area contributed by atoms with Gasteiger partial charge >= 0.3 is 0 Å². The fourth-order valence-corrected chi connectivity index (χ4v) is 1.72. The first-order valence-electron chi connectivity index (χ1n) is 5.66. The molecular weight excluding hydrogens is 233 g/mol. The van der Waals surface area contributed by atoms with E-state index in [1.807, 2.05) is 24.9 Å². The molecule has 0 aliphatic heterocycles. The van der Waals surface area contributed by atoms with Crippen molar-refractivity contribution >= 4 is 5.69 Å². The van der Waals surface area contributed by atoms with Crippen molar-refractivity contribution in [1.82, 2.24) is 9.78 Å². The fraction of sp³-hybridized carbons (Fsp3) is 0.308. The summed E-state index contributed by atoms with van der Waals surface area (Å²) in [5.74, 6) is 0.187. The molecule has 0 spiro atoms. The maximum Gasteiger partial charge on any atom is 0.144 e. The molecule has 0 fully saturated rings. The molecule has 0 unspecified atom stereocenters. The lowest BCUT2D eigenvalue weighted by Gasteiger charge is -2.10.